The Bertz CT molecular complexity index is 962. The fourth-order valence-corrected chi connectivity index (χ4v) is 2.49. The number of carbonyl (C=O) groups excluding carboxylic acids is 1. The molecule has 0 aliphatic carbocycles. The van der Waals surface area contributed by atoms with Crippen molar-refractivity contribution >= 4 is 23.7 Å². The average Bonchev–Trinajstić information content (AvgIpc) is 3.12. The quantitative estimate of drug-likeness (QED) is 0.494. The molecule has 2 aromatic carbocycles. The summed E-state index contributed by atoms with van der Waals surface area (Å²) < 4.78 is 11.1. The zero-order valence-electron chi connectivity index (χ0n) is 15.0. The van der Waals surface area contributed by atoms with E-state index in [1.54, 1.807) is 6.07 Å². The molecule has 3 aromatic rings. The fourth-order valence-electron chi connectivity index (χ4n) is 2.31. The van der Waals surface area contributed by atoms with Crippen LogP contribution in [0.3, 0.4) is 0 Å². The van der Waals surface area contributed by atoms with Crippen molar-refractivity contribution in [2.75, 3.05) is 6.61 Å². The highest BCUT2D eigenvalue weighted by atomic mass is 35.5. The highest BCUT2D eigenvalue weighted by Crippen LogP contribution is 2.26. The first kappa shape index (κ1) is 18.7. The first-order chi connectivity index (χ1) is 13.0. The van der Waals surface area contributed by atoms with E-state index in [0.29, 0.717) is 22.3 Å². The summed E-state index contributed by atoms with van der Waals surface area (Å²) in [6.07, 6.45) is 1.43. The molecule has 5 nitrogen and oxygen atoms in total. The topological polar surface area (TPSA) is 63.8 Å². The maximum atomic E-state index is 11.8. The highest BCUT2D eigenvalue weighted by Gasteiger charge is 2.06. The number of aryl methyl sites for hydroxylation is 2. The molecule has 0 spiro atoms. The molecule has 1 N–H and O–H groups in total. The summed E-state index contributed by atoms with van der Waals surface area (Å²) in [5.41, 5.74) is 5.41. The number of hydrazone groups is 1. The van der Waals surface area contributed by atoms with Gasteiger partial charge in [0.05, 0.1) is 6.21 Å². The van der Waals surface area contributed by atoms with Gasteiger partial charge in [-0.3, -0.25) is 4.79 Å². The van der Waals surface area contributed by atoms with Crippen LogP contribution in [0.25, 0.3) is 11.3 Å². The minimum absolute atomic E-state index is 0.119. The van der Waals surface area contributed by atoms with E-state index in [4.69, 9.17) is 20.8 Å². The Morgan fingerprint density at radius 2 is 1.93 bits per heavy atom. The summed E-state index contributed by atoms with van der Waals surface area (Å²) >= 11 is 6.14. The Balaban J connectivity index is 1.52. The molecule has 0 aliphatic rings. The predicted octanol–water partition coefficient (Wildman–Crippen LogP) is 4.75. The van der Waals surface area contributed by atoms with Gasteiger partial charge in [-0.05, 0) is 49.7 Å². The van der Waals surface area contributed by atoms with Gasteiger partial charge < -0.3 is 9.15 Å². The average molecular weight is 383 g/mol. The number of ether oxygens (including phenoxy) is 1. The Morgan fingerprint density at radius 1 is 1.15 bits per heavy atom. The number of nitrogens with one attached hydrogen (secondary N) is 1. The van der Waals surface area contributed by atoms with Gasteiger partial charge in [-0.25, -0.2) is 5.43 Å². The lowest BCUT2D eigenvalue weighted by molar-refractivity contribution is -0.123. The van der Waals surface area contributed by atoms with E-state index in [2.05, 4.69) is 10.5 Å². The van der Waals surface area contributed by atoms with Crippen LogP contribution in [0.15, 0.2) is 64.1 Å². The summed E-state index contributed by atoms with van der Waals surface area (Å²) in [4.78, 5) is 11.8. The maximum Gasteiger partial charge on any atom is 0.277 e. The van der Waals surface area contributed by atoms with Crippen molar-refractivity contribution in [3.8, 4) is 17.1 Å². The van der Waals surface area contributed by atoms with Crippen molar-refractivity contribution < 1.29 is 13.9 Å². The number of rotatable bonds is 6. The monoisotopic (exact) mass is 382 g/mol. The first-order valence-corrected chi connectivity index (χ1v) is 8.77. The van der Waals surface area contributed by atoms with Crippen LogP contribution in [0.4, 0.5) is 0 Å². The number of hydrogen-bond acceptors (Lipinski definition) is 4. The second kappa shape index (κ2) is 8.56. The first-order valence-electron chi connectivity index (χ1n) is 8.39. The van der Waals surface area contributed by atoms with Gasteiger partial charge in [-0.2, -0.15) is 5.10 Å². The number of halogens is 1. The van der Waals surface area contributed by atoms with E-state index in [0.717, 1.165) is 16.7 Å². The molecule has 6 heteroatoms. The number of nitrogens with zero attached hydrogens (tertiary/aromatic N) is 1. The third kappa shape index (κ3) is 5.21. The number of hydrogen-bond donors (Lipinski definition) is 1. The molecule has 0 unspecified atom stereocenters. The van der Waals surface area contributed by atoms with Gasteiger partial charge in [-0.1, -0.05) is 41.4 Å². The van der Waals surface area contributed by atoms with E-state index in [1.807, 2.05) is 62.4 Å². The van der Waals surface area contributed by atoms with Gasteiger partial charge >= 0.3 is 0 Å². The van der Waals surface area contributed by atoms with Gasteiger partial charge in [0.15, 0.2) is 6.61 Å². The molecule has 1 aromatic heterocycles. The molecule has 0 fully saturated rings. The van der Waals surface area contributed by atoms with Crippen LogP contribution < -0.4 is 10.2 Å². The van der Waals surface area contributed by atoms with Gasteiger partial charge in [0.1, 0.15) is 17.3 Å². The Kier molecular flexibility index (Phi) is 5.94. The Morgan fingerprint density at radius 3 is 2.67 bits per heavy atom. The fraction of sp³-hybridized carbons (Fsp3) is 0.143. The molecular weight excluding hydrogens is 364 g/mol. The maximum absolute atomic E-state index is 11.8. The number of furan rings is 1. The summed E-state index contributed by atoms with van der Waals surface area (Å²) in [5.74, 6) is 1.46. The van der Waals surface area contributed by atoms with Crippen LogP contribution in [0.1, 0.15) is 16.9 Å². The molecule has 1 heterocycles. The predicted molar refractivity (Wildman–Crippen MR) is 106 cm³/mol. The molecular formula is C21H19ClN2O3. The van der Waals surface area contributed by atoms with Crippen LogP contribution in [-0.4, -0.2) is 18.7 Å². The zero-order chi connectivity index (χ0) is 19.2. The molecule has 0 atom stereocenters. The van der Waals surface area contributed by atoms with E-state index in [-0.39, 0.29) is 12.5 Å². The van der Waals surface area contributed by atoms with Crippen molar-refractivity contribution in [1.29, 1.82) is 0 Å². The van der Waals surface area contributed by atoms with Crippen LogP contribution in [0.5, 0.6) is 5.75 Å². The summed E-state index contributed by atoms with van der Waals surface area (Å²) in [5, 5.41) is 4.56. The van der Waals surface area contributed by atoms with E-state index in [1.165, 1.54) is 6.21 Å². The van der Waals surface area contributed by atoms with Crippen molar-refractivity contribution in [2.24, 2.45) is 5.10 Å². The van der Waals surface area contributed by atoms with Crippen molar-refractivity contribution in [2.45, 2.75) is 13.8 Å². The number of benzene rings is 2. The van der Waals surface area contributed by atoms with E-state index >= 15 is 0 Å². The van der Waals surface area contributed by atoms with Gasteiger partial charge in [0.25, 0.3) is 5.91 Å². The Hall–Kier alpha value is -3.05. The molecule has 3 rings (SSSR count). The third-order valence-corrected chi connectivity index (χ3v) is 4.26. The van der Waals surface area contributed by atoms with E-state index < -0.39 is 0 Å². The van der Waals surface area contributed by atoms with Gasteiger partial charge in [0, 0.05) is 10.6 Å². The standard InChI is InChI=1S/C21H19ClN2O3/c1-14-3-7-17(8-4-14)26-13-21(25)24-23-12-18-9-10-20(27-18)16-6-5-15(2)19(22)11-16/h3-12H,13H2,1-2H3,(H,24,25). The molecule has 27 heavy (non-hydrogen) atoms. The molecule has 0 saturated heterocycles. The molecule has 0 radical (unpaired) electrons. The highest BCUT2D eigenvalue weighted by molar-refractivity contribution is 6.31. The minimum Gasteiger partial charge on any atom is -0.484 e. The molecule has 138 valence electrons. The SMILES string of the molecule is Cc1ccc(OCC(=O)NN=Cc2ccc(-c3ccc(C)c(Cl)c3)o2)cc1. The molecule has 0 saturated carbocycles. The lowest BCUT2D eigenvalue weighted by Crippen LogP contribution is -2.24. The van der Waals surface area contributed by atoms with Crippen LogP contribution in [-0.2, 0) is 4.79 Å². The van der Waals surface area contributed by atoms with E-state index in [9.17, 15) is 4.79 Å². The molecule has 0 bridgehead atoms. The second-order valence-electron chi connectivity index (χ2n) is 6.06. The van der Waals surface area contributed by atoms with Gasteiger partial charge in [-0.15, -0.1) is 0 Å². The lowest BCUT2D eigenvalue weighted by atomic mass is 10.1. The zero-order valence-corrected chi connectivity index (χ0v) is 15.8. The molecule has 1 amide bonds. The van der Waals surface area contributed by atoms with Crippen LogP contribution >= 0.6 is 11.6 Å². The largest absolute Gasteiger partial charge is 0.484 e. The minimum atomic E-state index is -0.357. The number of carbonyl (C=O) groups is 1. The smallest absolute Gasteiger partial charge is 0.277 e. The molecule has 0 aliphatic heterocycles. The normalized spacial score (nSPS) is 10.9. The second-order valence-corrected chi connectivity index (χ2v) is 6.47. The summed E-state index contributed by atoms with van der Waals surface area (Å²) in [7, 11) is 0. The summed E-state index contributed by atoms with van der Waals surface area (Å²) in [6.45, 7) is 3.81. The summed E-state index contributed by atoms with van der Waals surface area (Å²) in [6, 6.07) is 16.8. The van der Waals surface area contributed by atoms with Crippen LogP contribution in [0, 0.1) is 13.8 Å². The van der Waals surface area contributed by atoms with Crippen molar-refractivity contribution in [3.05, 3.63) is 76.5 Å². The third-order valence-electron chi connectivity index (χ3n) is 3.86. The lowest BCUT2D eigenvalue weighted by Gasteiger charge is -2.04. The Labute approximate surface area is 162 Å². The van der Waals surface area contributed by atoms with Crippen molar-refractivity contribution in [1.82, 2.24) is 5.43 Å². The van der Waals surface area contributed by atoms with Crippen molar-refractivity contribution in [3.63, 3.8) is 0 Å². The van der Waals surface area contributed by atoms with Gasteiger partial charge in [0.2, 0.25) is 0 Å². The number of amides is 1. The van der Waals surface area contributed by atoms with Crippen LogP contribution in [0.2, 0.25) is 5.02 Å².